The Morgan fingerprint density at radius 1 is 0.571 bits per heavy atom. The van der Waals surface area contributed by atoms with Crippen molar-refractivity contribution >= 4 is 50.9 Å². The number of hydrogen-bond acceptors (Lipinski definition) is 0. The van der Waals surface area contributed by atoms with Crippen LogP contribution in [0.5, 0.6) is 0 Å². The minimum atomic E-state index is 0. The molecule has 1 heterocycles. The normalized spacial score (nSPS) is 9.19. The van der Waals surface area contributed by atoms with Gasteiger partial charge in [-0.3, -0.25) is 0 Å². The highest BCUT2D eigenvalue weighted by molar-refractivity contribution is 8.93. The zero-order chi connectivity index (χ0) is 12.9. The third-order valence-electron chi connectivity index (χ3n) is 3.55. The SMILES string of the molecule is Br.Br.Br.CCCCCCCCCCCC[n+]1ccccc1. The Kier molecular flexibility index (Phi) is 26.0. The molecular weight excluding hydrogens is 458 g/mol. The van der Waals surface area contributed by atoms with Gasteiger partial charge >= 0.3 is 0 Å². The average Bonchev–Trinajstić information content (AvgIpc) is 2.42. The lowest BCUT2D eigenvalue weighted by atomic mass is 10.1. The minimum absolute atomic E-state index is 0. The number of unbranched alkanes of at least 4 members (excludes halogenated alkanes) is 9. The van der Waals surface area contributed by atoms with Crippen LogP contribution < -0.4 is 4.57 Å². The van der Waals surface area contributed by atoms with Gasteiger partial charge in [-0.1, -0.05) is 64.4 Å². The smallest absolute Gasteiger partial charge is 0.168 e. The second-order valence-electron chi connectivity index (χ2n) is 5.30. The summed E-state index contributed by atoms with van der Waals surface area (Å²) in [6.45, 7) is 3.46. The molecular formula is C17H33Br3N+. The molecule has 0 N–H and O–H groups in total. The summed E-state index contributed by atoms with van der Waals surface area (Å²) < 4.78 is 2.28. The fraction of sp³-hybridized carbons (Fsp3) is 0.706. The van der Waals surface area contributed by atoms with Crippen molar-refractivity contribution < 1.29 is 4.57 Å². The van der Waals surface area contributed by atoms with Gasteiger partial charge < -0.3 is 0 Å². The van der Waals surface area contributed by atoms with Crippen LogP contribution in [0.2, 0.25) is 0 Å². The molecule has 0 amide bonds. The summed E-state index contributed by atoms with van der Waals surface area (Å²) >= 11 is 0. The van der Waals surface area contributed by atoms with Crippen LogP contribution in [0, 0.1) is 0 Å². The molecule has 0 aliphatic rings. The molecule has 0 unspecified atom stereocenters. The second kappa shape index (κ2) is 20.6. The molecule has 0 spiro atoms. The molecule has 0 aromatic carbocycles. The first kappa shape index (κ1) is 26.5. The van der Waals surface area contributed by atoms with Crippen molar-refractivity contribution in [3.63, 3.8) is 0 Å². The van der Waals surface area contributed by atoms with Crippen LogP contribution in [0.1, 0.15) is 71.1 Å². The molecule has 0 aliphatic heterocycles. The summed E-state index contributed by atoms with van der Waals surface area (Å²) in [5.74, 6) is 0. The number of nitrogens with zero attached hydrogens (tertiary/aromatic N) is 1. The van der Waals surface area contributed by atoms with Gasteiger partial charge in [-0.15, -0.1) is 50.9 Å². The number of aromatic nitrogens is 1. The first-order valence-corrected chi connectivity index (χ1v) is 7.87. The fourth-order valence-corrected chi connectivity index (χ4v) is 2.37. The lowest BCUT2D eigenvalue weighted by Crippen LogP contribution is -2.32. The molecule has 0 saturated carbocycles. The van der Waals surface area contributed by atoms with Crippen molar-refractivity contribution in [2.24, 2.45) is 0 Å². The van der Waals surface area contributed by atoms with Gasteiger partial charge in [0, 0.05) is 18.6 Å². The number of rotatable bonds is 11. The van der Waals surface area contributed by atoms with E-state index in [1.165, 1.54) is 70.8 Å². The van der Waals surface area contributed by atoms with Gasteiger partial charge in [-0.05, 0) is 6.42 Å². The van der Waals surface area contributed by atoms with E-state index in [1.807, 2.05) is 0 Å². The Balaban J connectivity index is -0.00000108. The molecule has 1 nitrogen and oxygen atoms in total. The summed E-state index contributed by atoms with van der Waals surface area (Å²) in [7, 11) is 0. The fourth-order valence-electron chi connectivity index (χ4n) is 2.37. The van der Waals surface area contributed by atoms with Crippen LogP contribution in [0.15, 0.2) is 30.6 Å². The van der Waals surface area contributed by atoms with E-state index in [0.717, 1.165) is 0 Å². The molecule has 4 heteroatoms. The quantitative estimate of drug-likeness (QED) is 0.242. The summed E-state index contributed by atoms with van der Waals surface area (Å²) in [4.78, 5) is 0. The van der Waals surface area contributed by atoms with Crippen molar-refractivity contribution in [1.82, 2.24) is 0 Å². The van der Waals surface area contributed by atoms with Gasteiger partial charge in [0.15, 0.2) is 12.4 Å². The Hall–Kier alpha value is 0.590. The predicted octanol–water partition coefficient (Wildman–Crippen LogP) is 6.63. The monoisotopic (exact) mass is 488 g/mol. The number of aryl methyl sites for hydroxylation is 1. The maximum atomic E-state index is 2.28. The van der Waals surface area contributed by atoms with Crippen molar-refractivity contribution in [3.05, 3.63) is 30.6 Å². The third kappa shape index (κ3) is 16.8. The van der Waals surface area contributed by atoms with E-state index in [4.69, 9.17) is 0 Å². The van der Waals surface area contributed by atoms with Crippen molar-refractivity contribution in [2.45, 2.75) is 77.7 Å². The van der Waals surface area contributed by atoms with Gasteiger partial charge in [0.2, 0.25) is 0 Å². The Labute approximate surface area is 163 Å². The Morgan fingerprint density at radius 3 is 1.48 bits per heavy atom. The molecule has 0 atom stereocenters. The maximum Gasteiger partial charge on any atom is 0.168 e. The molecule has 0 fully saturated rings. The molecule has 0 bridgehead atoms. The highest BCUT2D eigenvalue weighted by atomic mass is 79.9. The lowest BCUT2D eigenvalue weighted by molar-refractivity contribution is -0.697. The third-order valence-corrected chi connectivity index (χ3v) is 3.55. The van der Waals surface area contributed by atoms with Crippen LogP contribution in [-0.4, -0.2) is 0 Å². The summed E-state index contributed by atoms with van der Waals surface area (Å²) in [5.41, 5.74) is 0. The molecule has 21 heavy (non-hydrogen) atoms. The zero-order valence-corrected chi connectivity index (χ0v) is 18.5. The van der Waals surface area contributed by atoms with E-state index in [1.54, 1.807) is 0 Å². The van der Waals surface area contributed by atoms with Crippen molar-refractivity contribution in [1.29, 1.82) is 0 Å². The van der Waals surface area contributed by atoms with E-state index in [-0.39, 0.29) is 50.9 Å². The van der Waals surface area contributed by atoms with Crippen molar-refractivity contribution in [2.75, 3.05) is 0 Å². The van der Waals surface area contributed by atoms with Crippen LogP contribution in [-0.2, 0) is 6.54 Å². The van der Waals surface area contributed by atoms with E-state index >= 15 is 0 Å². The highest BCUT2D eigenvalue weighted by Gasteiger charge is 1.97. The summed E-state index contributed by atoms with van der Waals surface area (Å²) in [6, 6.07) is 6.29. The molecule has 0 aliphatic carbocycles. The molecule has 1 rings (SSSR count). The molecule has 0 radical (unpaired) electrons. The van der Waals surface area contributed by atoms with Gasteiger partial charge in [0.1, 0.15) is 6.54 Å². The summed E-state index contributed by atoms with van der Waals surface area (Å²) in [6.07, 6.45) is 18.5. The van der Waals surface area contributed by atoms with Gasteiger partial charge in [-0.25, -0.2) is 4.57 Å². The average molecular weight is 491 g/mol. The Morgan fingerprint density at radius 2 is 1.00 bits per heavy atom. The summed E-state index contributed by atoms with van der Waals surface area (Å²) in [5, 5.41) is 0. The number of halogens is 3. The van der Waals surface area contributed by atoms with Crippen molar-refractivity contribution in [3.8, 4) is 0 Å². The van der Waals surface area contributed by atoms with Crippen LogP contribution in [0.3, 0.4) is 0 Å². The minimum Gasteiger partial charge on any atom is -0.205 e. The standard InChI is InChI=1S/C17H30N.3BrH/c1-2-3-4-5-6-7-8-9-10-12-15-18-16-13-11-14-17-18;;;/h11,13-14,16-17H,2-10,12,15H2,1H3;3*1H/q+1;;;. The van der Waals surface area contributed by atoms with Crippen LogP contribution in [0.4, 0.5) is 0 Å². The second-order valence-corrected chi connectivity index (χ2v) is 5.30. The topological polar surface area (TPSA) is 3.88 Å². The van der Waals surface area contributed by atoms with E-state index in [2.05, 4.69) is 42.1 Å². The van der Waals surface area contributed by atoms with Crippen LogP contribution >= 0.6 is 50.9 Å². The number of hydrogen-bond donors (Lipinski definition) is 0. The molecule has 1 aromatic heterocycles. The van der Waals surface area contributed by atoms with Gasteiger partial charge in [0.25, 0.3) is 0 Å². The highest BCUT2D eigenvalue weighted by Crippen LogP contribution is 2.10. The van der Waals surface area contributed by atoms with Crippen LogP contribution in [0.25, 0.3) is 0 Å². The Bertz CT molecular complexity index is 281. The van der Waals surface area contributed by atoms with E-state index in [0.29, 0.717) is 0 Å². The predicted molar refractivity (Wildman–Crippen MR) is 109 cm³/mol. The van der Waals surface area contributed by atoms with Gasteiger partial charge in [0.05, 0.1) is 0 Å². The zero-order valence-electron chi connectivity index (χ0n) is 13.3. The lowest BCUT2D eigenvalue weighted by Gasteiger charge is -2.01. The number of pyridine rings is 1. The van der Waals surface area contributed by atoms with Gasteiger partial charge in [-0.2, -0.15) is 0 Å². The first-order chi connectivity index (χ1) is 8.93. The maximum absolute atomic E-state index is 2.28. The molecule has 0 saturated heterocycles. The molecule has 126 valence electrons. The van der Waals surface area contributed by atoms with E-state index in [9.17, 15) is 0 Å². The largest absolute Gasteiger partial charge is 0.205 e. The molecule has 1 aromatic rings. The van der Waals surface area contributed by atoms with E-state index < -0.39 is 0 Å². The first-order valence-electron chi connectivity index (χ1n) is 7.87.